The normalized spacial score (nSPS) is 13.6. The summed E-state index contributed by atoms with van der Waals surface area (Å²) >= 11 is 0. The van der Waals surface area contributed by atoms with Crippen LogP contribution in [0.5, 0.6) is 0 Å². The predicted molar refractivity (Wildman–Crippen MR) is 74.7 cm³/mol. The Morgan fingerprint density at radius 1 is 1.18 bits per heavy atom. The molecular formula is C16H17F4NO. The van der Waals surface area contributed by atoms with Gasteiger partial charge in [-0.15, -0.1) is 0 Å². The Kier molecular flexibility index (Phi) is 4.60. The van der Waals surface area contributed by atoms with Crippen molar-refractivity contribution in [3.05, 3.63) is 59.2 Å². The minimum Gasteiger partial charge on any atom is -0.388 e. The number of alkyl halides is 3. The van der Waals surface area contributed by atoms with Gasteiger partial charge in [0.2, 0.25) is 0 Å². The monoisotopic (exact) mass is 315 g/mol. The summed E-state index contributed by atoms with van der Waals surface area (Å²) in [6.45, 7) is 4.00. The third-order valence-corrected chi connectivity index (χ3v) is 3.45. The topological polar surface area (TPSA) is 25.2 Å². The van der Waals surface area contributed by atoms with Gasteiger partial charge in [-0.25, -0.2) is 4.39 Å². The van der Waals surface area contributed by atoms with Crippen LogP contribution >= 0.6 is 0 Å². The molecule has 0 saturated heterocycles. The first-order valence-electron chi connectivity index (χ1n) is 6.88. The van der Waals surface area contributed by atoms with Gasteiger partial charge in [-0.2, -0.15) is 13.2 Å². The lowest BCUT2D eigenvalue weighted by Crippen LogP contribution is -2.09. The molecule has 0 aliphatic carbocycles. The summed E-state index contributed by atoms with van der Waals surface area (Å²) in [5, 5.41) is 9.95. The van der Waals surface area contributed by atoms with Crippen molar-refractivity contribution in [1.82, 2.24) is 4.57 Å². The third-order valence-electron chi connectivity index (χ3n) is 3.45. The molecule has 6 heteroatoms. The zero-order chi connectivity index (χ0) is 16.5. The van der Waals surface area contributed by atoms with Crippen molar-refractivity contribution in [1.29, 1.82) is 0 Å². The molecule has 1 unspecified atom stereocenters. The molecule has 22 heavy (non-hydrogen) atoms. The van der Waals surface area contributed by atoms with E-state index >= 15 is 0 Å². The number of aliphatic hydroxyl groups is 1. The van der Waals surface area contributed by atoms with E-state index < -0.39 is 23.7 Å². The van der Waals surface area contributed by atoms with E-state index in [1.54, 1.807) is 23.0 Å². The maximum absolute atomic E-state index is 13.5. The van der Waals surface area contributed by atoms with Crippen LogP contribution in [0, 0.1) is 11.7 Å². The SMILES string of the molecule is CC(C)C(O)c1ccn(Cc2ccc(C(F)(F)F)c(F)c2)c1. The molecule has 0 radical (unpaired) electrons. The Balaban J connectivity index is 2.17. The predicted octanol–water partition coefficient (Wildman–Crippen LogP) is 4.38. The number of aliphatic hydroxyl groups excluding tert-OH is 1. The van der Waals surface area contributed by atoms with Crippen LogP contribution in [0.3, 0.4) is 0 Å². The molecule has 1 aromatic carbocycles. The summed E-state index contributed by atoms with van der Waals surface area (Å²) in [4.78, 5) is 0. The molecule has 0 spiro atoms. The molecule has 0 amide bonds. The fraction of sp³-hybridized carbons (Fsp3) is 0.375. The van der Waals surface area contributed by atoms with Crippen molar-refractivity contribution in [3.8, 4) is 0 Å². The van der Waals surface area contributed by atoms with Gasteiger partial charge in [0.15, 0.2) is 0 Å². The maximum Gasteiger partial charge on any atom is 0.419 e. The number of hydrogen-bond donors (Lipinski definition) is 1. The number of rotatable bonds is 4. The molecular weight excluding hydrogens is 298 g/mol. The lowest BCUT2D eigenvalue weighted by Gasteiger charge is -2.12. The van der Waals surface area contributed by atoms with Gasteiger partial charge >= 0.3 is 6.18 Å². The van der Waals surface area contributed by atoms with E-state index in [1.807, 2.05) is 13.8 Å². The Labute approximate surface area is 126 Å². The molecule has 0 fully saturated rings. The van der Waals surface area contributed by atoms with E-state index in [9.17, 15) is 22.7 Å². The zero-order valence-corrected chi connectivity index (χ0v) is 12.2. The van der Waals surface area contributed by atoms with Crippen molar-refractivity contribution < 1.29 is 22.7 Å². The van der Waals surface area contributed by atoms with Gasteiger partial charge in [0.05, 0.1) is 11.7 Å². The van der Waals surface area contributed by atoms with E-state index in [0.29, 0.717) is 5.56 Å². The summed E-state index contributed by atoms with van der Waals surface area (Å²) in [6, 6.07) is 4.63. The molecule has 1 atom stereocenters. The largest absolute Gasteiger partial charge is 0.419 e. The fourth-order valence-electron chi connectivity index (χ4n) is 2.22. The Hall–Kier alpha value is -1.82. The van der Waals surface area contributed by atoms with E-state index in [0.717, 1.165) is 17.7 Å². The molecule has 2 rings (SSSR count). The summed E-state index contributed by atoms with van der Waals surface area (Å²) < 4.78 is 52.7. The molecule has 2 nitrogen and oxygen atoms in total. The Morgan fingerprint density at radius 2 is 1.86 bits per heavy atom. The number of benzene rings is 1. The van der Waals surface area contributed by atoms with Crippen LogP contribution in [0.15, 0.2) is 36.7 Å². The zero-order valence-electron chi connectivity index (χ0n) is 12.2. The average molecular weight is 315 g/mol. The number of halogens is 4. The minimum atomic E-state index is -4.69. The highest BCUT2D eigenvalue weighted by Crippen LogP contribution is 2.31. The molecule has 2 aromatic rings. The highest BCUT2D eigenvalue weighted by atomic mass is 19.4. The second-order valence-electron chi connectivity index (χ2n) is 5.62. The van der Waals surface area contributed by atoms with Crippen LogP contribution < -0.4 is 0 Å². The summed E-state index contributed by atoms with van der Waals surface area (Å²) in [5.74, 6) is -1.22. The van der Waals surface area contributed by atoms with E-state index in [1.165, 1.54) is 6.07 Å². The van der Waals surface area contributed by atoms with Gasteiger partial charge in [-0.1, -0.05) is 19.9 Å². The van der Waals surface area contributed by atoms with Gasteiger partial charge in [-0.3, -0.25) is 0 Å². The van der Waals surface area contributed by atoms with Gasteiger partial charge in [0.1, 0.15) is 5.82 Å². The van der Waals surface area contributed by atoms with Crippen molar-refractivity contribution >= 4 is 0 Å². The average Bonchev–Trinajstić information content (AvgIpc) is 2.84. The molecule has 1 N–H and O–H groups in total. The van der Waals surface area contributed by atoms with Crippen LogP contribution in [0.4, 0.5) is 17.6 Å². The summed E-state index contributed by atoms with van der Waals surface area (Å²) in [7, 11) is 0. The van der Waals surface area contributed by atoms with Gasteiger partial charge in [-0.05, 0) is 35.2 Å². The second-order valence-corrected chi connectivity index (χ2v) is 5.62. The van der Waals surface area contributed by atoms with Crippen molar-refractivity contribution in [2.75, 3.05) is 0 Å². The van der Waals surface area contributed by atoms with E-state index in [4.69, 9.17) is 0 Å². The molecule has 1 heterocycles. The fourth-order valence-corrected chi connectivity index (χ4v) is 2.22. The Morgan fingerprint density at radius 3 is 2.41 bits per heavy atom. The van der Waals surface area contributed by atoms with Crippen molar-refractivity contribution in [2.45, 2.75) is 32.7 Å². The third kappa shape index (κ3) is 3.68. The standard InChI is InChI=1S/C16H17F4NO/c1-10(2)15(22)12-5-6-21(9-12)8-11-3-4-13(14(17)7-11)16(18,19)20/h3-7,9-10,15,22H,8H2,1-2H3. The number of nitrogens with zero attached hydrogens (tertiary/aromatic N) is 1. The van der Waals surface area contributed by atoms with Gasteiger partial charge < -0.3 is 9.67 Å². The smallest absolute Gasteiger partial charge is 0.388 e. The van der Waals surface area contributed by atoms with Crippen molar-refractivity contribution in [2.24, 2.45) is 5.92 Å². The summed E-state index contributed by atoms with van der Waals surface area (Å²) in [6.07, 6.45) is -1.88. The first-order valence-corrected chi connectivity index (χ1v) is 6.88. The minimum absolute atomic E-state index is 0.0550. The van der Waals surface area contributed by atoms with E-state index in [2.05, 4.69) is 0 Å². The molecule has 0 saturated carbocycles. The number of aromatic nitrogens is 1. The van der Waals surface area contributed by atoms with Crippen LogP contribution in [-0.2, 0) is 12.7 Å². The maximum atomic E-state index is 13.5. The molecule has 0 bridgehead atoms. The Bertz CT molecular complexity index is 646. The molecule has 1 aromatic heterocycles. The first kappa shape index (κ1) is 16.5. The lowest BCUT2D eigenvalue weighted by molar-refractivity contribution is -0.140. The van der Waals surface area contributed by atoms with Gasteiger partial charge in [0.25, 0.3) is 0 Å². The highest BCUT2D eigenvalue weighted by Gasteiger charge is 2.33. The highest BCUT2D eigenvalue weighted by molar-refractivity contribution is 5.27. The quantitative estimate of drug-likeness (QED) is 0.832. The van der Waals surface area contributed by atoms with Crippen LogP contribution in [-0.4, -0.2) is 9.67 Å². The molecule has 0 aliphatic heterocycles. The van der Waals surface area contributed by atoms with Crippen LogP contribution in [0.1, 0.15) is 36.6 Å². The molecule has 120 valence electrons. The van der Waals surface area contributed by atoms with Gasteiger partial charge in [0, 0.05) is 18.9 Å². The van der Waals surface area contributed by atoms with Crippen LogP contribution in [0.2, 0.25) is 0 Å². The molecule has 0 aliphatic rings. The van der Waals surface area contributed by atoms with Crippen molar-refractivity contribution in [3.63, 3.8) is 0 Å². The summed E-state index contributed by atoms with van der Waals surface area (Å²) in [5.41, 5.74) is -0.117. The number of hydrogen-bond acceptors (Lipinski definition) is 1. The second kappa shape index (κ2) is 6.12. The van der Waals surface area contributed by atoms with Crippen LogP contribution in [0.25, 0.3) is 0 Å². The first-order chi connectivity index (χ1) is 10.2. The lowest BCUT2D eigenvalue weighted by atomic mass is 10.0. The van der Waals surface area contributed by atoms with E-state index in [-0.39, 0.29) is 12.5 Å².